The second-order valence-corrected chi connectivity index (χ2v) is 7.46. The number of benzene rings is 1. The molecule has 1 aromatic carbocycles. The number of aliphatic hydroxyl groups excluding tert-OH is 1. The van der Waals surface area contributed by atoms with E-state index in [4.69, 9.17) is 18.6 Å². The van der Waals surface area contributed by atoms with Crippen molar-refractivity contribution in [1.82, 2.24) is 0 Å². The van der Waals surface area contributed by atoms with Crippen LogP contribution in [0.15, 0.2) is 12.1 Å². The first-order valence-corrected chi connectivity index (χ1v) is 10.5. The van der Waals surface area contributed by atoms with E-state index in [1.54, 1.807) is 6.92 Å². The SMILES string of the molecule is Cc1cc(C)c([N-]C(C)CC(C)O)c(C)c1.[CH3-].[Cl][Ti][Cl]. The van der Waals surface area contributed by atoms with Crippen LogP contribution >= 0.6 is 18.6 Å². The third kappa shape index (κ3) is 9.25. The fourth-order valence-electron chi connectivity index (χ4n) is 2.14. The summed E-state index contributed by atoms with van der Waals surface area (Å²) in [5.74, 6) is 0. The second kappa shape index (κ2) is 11.9. The van der Waals surface area contributed by atoms with Crippen molar-refractivity contribution in [3.05, 3.63) is 41.6 Å². The van der Waals surface area contributed by atoms with Crippen molar-refractivity contribution >= 4 is 24.3 Å². The number of aryl methyl sites for hydroxylation is 3. The molecule has 0 amide bonds. The first kappa shape index (κ1) is 22.6. The molecule has 0 aliphatic carbocycles. The quantitative estimate of drug-likeness (QED) is 0.554. The average Bonchev–Trinajstić information content (AvgIpc) is 2.23. The van der Waals surface area contributed by atoms with Gasteiger partial charge in [0.15, 0.2) is 0 Å². The van der Waals surface area contributed by atoms with Gasteiger partial charge < -0.3 is 17.8 Å². The van der Waals surface area contributed by atoms with Gasteiger partial charge in [-0.3, -0.25) is 0 Å². The Bertz CT molecular complexity index is 363. The molecule has 0 aliphatic rings. The first-order chi connectivity index (χ1) is 8.81. The minimum atomic E-state index is -0.556. The van der Waals surface area contributed by atoms with Crippen molar-refractivity contribution in [1.29, 1.82) is 0 Å². The summed E-state index contributed by atoms with van der Waals surface area (Å²) in [6.45, 7) is 10.1. The van der Waals surface area contributed by atoms with Gasteiger partial charge in [0.05, 0.1) is 0 Å². The normalized spacial score (nSPS) is 12.4. The summed E-state index contributed by atoms with van der Waals surface area (Å²) in [6.07, 6.45) is 0.428. The van der Waals surface area contributed by atoms with Crippen molar-refractivity contribution in [2.45, 2.75) is 53.2 Å². The van der Waals surface area contributed by atoms with Crippen LogP contribution in [0.3, 0.4) is 0 Å². The Labute approximate surface area is 140 Å². The van der Waals surface area contributed by atoms with Crippen molar-refractivity contribution in [2.75, 3.05) is 0 Å². The van der Waals surface area contributed by atoms with Gasteiger partial charge in [0.25, 0.3) is 0 Å². The van der Waals surface area contributed by atoms with Crippen LogP contribution in [0.5, 0.6) is 0 Å². The molecule has 0 fully saturated rings. The predicted molar refractivity (Wildman–Crippen MR) is 87.6 cm³/mol. The van der Waals surface area contributed by atoms with E-state index in [9.17, 15) is 5.11 Å². The Kier molecular flexibility index (Phi) is 13.4. The summed E-state index contributed by atoms with van der Waals surface area (Å²) in [5, 5.41) is 14.0. The molecule has 1 rings (SSSR count). The van der Waals surface area contributed by atoms with Crippen molar-refractivity contribution in [3.63, 3.8) is 0 Å². The molecule has 2 nitrogen and oxygen atoms in total. The van der Waals surface area contributed by atoms with Gasteiger partial charge in [0.2, 0.25) is 0 Å². The van der Waals surface area contributed by atoms with Gasteiger partial charge in [-0.1, -0.05) is 35.7 Å². The molecular weight excluding hydrogens is 329 g/mol. The molecule has 1 aromatic rings. The number of hydrogen-bond donors (Lipinski definition) is 1. The summed E-state index contributed by atoms with van der Waals surface area (Å²) >= 11 is -0.556. The number of aliphatic hydroxyl groups is 1. The third-order valence-corrected chi connectivity index (χ3v) is 2.67. The number of nitrogens with zero attached hydrogens (tertiary/aromatic N) is 1. The van der Waals surface area contributed by atoms with Gasteiger partial charge in [-0.15, -0.1) is 11.7 Å². The van der Waals surface area contributed by atoms with E-state index in [-0.39, 0.29) is 19.6 Å². The van der Waals surface area contributed by atoms with Gasteiger partial charge in [-0.2, -0.15) is 0 Å². The molecule has 0 spiro atoms. The molecule has 2 atom stereocenters. The molecule has 5 heteroatoms. The zero-order valence-corrected chi connectivity index (χ0v) is 16.2. The summed E-state index contributed by atoms with van der Waals surface area (Å²) in [6, 6.07) is 4.47. The van der Waals surface area contributed by atoms with Gasteiger partial charge in [0.1, 0.15) is 0 Å². The van der Waals surface area contributed by atoms with Crippen LogP contribution in [0, 0.1) is 28.2 Å². The van der Waals surface area contributed by atoms with Crippen LogP contribution < -0.4 is 0 Å². The maximum atomic E-state index is 9.32. The van der Waals surface area contributed by atoms with E-state index in [1.807, 2.05) is 6.92 Å². The van der Waals surface area contributed by atoms with E-state index in [1.165, 1.54) is 16.7 Å². The molecule has 0 saturated heterocycles. The predicted octanol–water partition coefficient (Wildman–Crippen LogP) is 5.60. The molecule has 0 radical (unpaired) electrons. The van der Waals surface area contributed by atoms with Crippen LogP contribution in [0.2, 0.25) is 0 Å². The second-order valence-electron chi connectivity index (χ2n) is 4.88. The van der Waals surface area contributed by atoms with Crippen LogP contribution in [0.1, 0.15) is 37.0 Å². The fraction of sp³-hybridized carbons (Fsp3) is 0.533. The zero-order valence-electron chi connectivity index (χ0n) is 13.2. The molecule has 0 aromatic heterocycles. The zero-order chi connectivity index (χ0) is 15.0. The first-order valence-electron chi connectivity index (χ1n) is 6.24. The third-order valence-electron chi connectivity index (χ3n) is 2.67. The maximum absolute atomic E-state index is 9.32. The Morgan fingerprint density at radius 2 is 1.55 bits per heavy atom. The monoisotopic (exact) mass is 353 g/mol. The standard InChI is InChI=1S/C14H22NO.CH3.2ClH.Ti/c1-9-6-10(2)14(11(3)7-9)15-12(4)8-13(5)16;;;;/h6-7,12-13,16H,8H2,1-5H3;1H3;2*1H;/q2*-1;;;+2/p-2. The van der Waals surface area contributed by atoms with Gasteiger partial charge in [-0.05, 0) is 34.1 Å². The Morgan fingerprint density at radius 3 is 1.90 bits per heavy atom. The summed E-state index contributed by atoms with van der Waals surface area (Å²) < 4.78 is 0. The van der Waals surface area contributed by atoms with Crippen LogP contribution in [-0.4, -0.2) is 17.3 Å². The molecule has 0 aliphatic heterocycles. The fourth-order valence-corrected chi connectivity index (χ4v) is 2.14. The van der Waals surface area contributed by atoms with E-state index in [2.05, 4.69) is 38.2 Å². The van der Waals surface area contributed by atoms with E-state index in [0.717, 1.165) is 5.69 Å². The number of halogens is 2. The Hall–Kier alpha value is 0.274. The van der Waals surface area contributed by atoms with E-state index < -0.39 is 17.0 Å². The van der Waals surface area contributed by atoms with Crippen LogP contribution in [0.4, 0.5) is 5.69 Å². The van der Waals surface area contributed by atoms with Gasteiger partial charge in [-0.25, -0.2) is 0 Å². The van der Waals surface area contributed by atoms with Crippen LogP contribution in [0.25, 0.3) is 5.32 Å². The minimum absolute atomic E-state index is 0. The van der Waals surface area contributed by atoms with Crippen molar-refractivity contribution in [2.24, 2.45) is 0 Å². The molecule has 0 heterocycles. The molecular formula is C15H25Cl2NOTi-2. The summed E-state index contributed by atoms with van der Waals surface area (Å²) in [7, 11) is 9.78. The average molecular weight is 354 g/mol. The number of rotatable bonds is 4. The molecule has 2 unspecified atom stereocenters. The van der Waals surface area contributed by atoms with Crippen molar-refractivity contribution in [3.8, 4) is 0 Å². The molecule has 1 N–H and O–H groups in total. The molecule has 0 bridgehead atoms. The molecule has 20 heavy (non-hydrogen) atoms. The van der Waals surface area contributed by atoms with Crippen molar-refractivity contribution < 1.29 is 22.1 Å². The topological polar surface area (TPSA) is 34.3 Å². The molecule has 0 saturated carbocycles. The van der Waals surface area contributed by atoms with Gasteiger partial charge >= 0.3 is 35.6 Å². The molecule has 116 valence electrons. The van der Waals surface area contributed by atoms with E-state index >= 15 is 0 Å². The summed E-state index contributed by atoms with van der Waals surface area (Å²) in [5.41, 5.74) is 4.79. The Morgan fingerprint density at radius 1 is 1.15 bits per heavy atom. The van der Waals surface area contributed by atoms with Gasteiger partial charge in [0, 0.05) is 6.10 Å². The summed E-state index contributed by atoms with van der Waals surface area (Å²) in [4.78, 5) is 0. The van der Waals surface area contributed by atoms with Crippen LogP contribution in [-0.2, 0) is 17.0 Å². The number of hydrogen-bond acceptors (Lipinski definition) is 1. The van der Waals surface area contributed by atoms with E-state index in [0.29, 0.717) is 6.42 Å². The Balaban J connectivity index is 0.